The topological polar surface area (TPSA) is 92.7 Å². The maximum absolute atomic E-state index is 12.7. The second kappa shape index (κ2) is 6.63. The number of rotatable bonds is 5. The number of carbonyl (C=O) groups is 3. The van der Waals surface area contributed by atoms with E-state index in [1.165, 1.54) is 0 Å². The van der Waals surface area contributed by atoms with E-state index in [1.807, 2.05) is 0 Å². The van der Waals surface area contributed by atoms with Gasteiger partial charge in [0.05, 0.1) is 29.7 Å². The quantitative estimate of drug-likeness (QED) is 0.809. The third-order valence-electron chi connectivity index (χ3n) is 5.18. The molecule has 6 heteroatoms. The monoisotopic (exact) mass is 331 g/mol. The van der Waals surface area contributed by atoms with Crippen molar-refractivity contribution in [3.8, 4) is 0 Å². The van der Waals surface area contributed by atoms with Gasteiger partial charge in [-0.15, -0.1) is 0 Å². The van der Waals surface area contributed by atoms with Crippen LogP contribution in [-0.4, -0.2) is 29.6 Å². The second-order valence-corrected chi connectivity index (χ2v) is 6.48. The van der Waals surface area contributed by atoms with E-state index in [0.717, 1.165) is 19.3 Å². The van der Waals surface area contributed by atoms with Crippen molar-refractivity contribution in [2.45, 2.75) is 26.2 Å². The number of para-hydroxylation sites is 1. The Morgan fingerprint density at radius 1 is 1.17 bits per heavy atom. The van der Waals surface area contributed by atoms with Crippen LogP contribution in [0.4, 0.5) is 5.69 Å². The van der Waals surface area contributed by atoms with Crippen LogP contribution in [0, 0.1) is 23.7 Å². The molecule has 0 aliphatic heterocycles. The molecule has 2 aliphatic rings. The maximum Gasteiger partial charge on any atom is 0.340 e. The lowest BCUT2D eigenvalue weighted by molar-refractivity contribution is -0.148. The number of ether oxygens (including phenoxy) is 1. The molecule has 2 N–H and O–H groups in total. The highest BCUT2D eigenvalue weighted by molar-refractivity contribution is 6.03. The Labute approximate surface area is 140 Å². The summed E-state index contributed by atoms with van der Waals surface area (Å²) in [4.78, 5) is 36.3. The Bertz CT molecular complexity index is 671. The first-order valence-electron chi connectivity index (χ1n) is 8.32. The van der Waals surface area contributed by atoms with E-state index in [-0.39, 0.29) is 29.9 Å². The van der Waals surface area contributed by atoms with Crippen molar-refractivity contribution in [1.29, 1.82) is 0 Å². The van der Waals surface area contributed by atoms with Crippen molar-refractivity contribution < 1.29 is 24.2 Å². The van der Waals surface area contributed by atoms with Crippen LogP contribution in [0.5, 0.6) is 0 Å². The van der Waals surface area contributed by atoms with Crippen LogP contribution in [-0.2, 0) is 14.3 Å². The third kappa shape index (κ3) is 2.88. The number of anilines is 1. The van der Waals surface area contributed by atoms with E-state index < -0.39 is 23.8 Å². The van der Waals surface area contributed by atoms with E-state index in [4.69, 9.17) is 4.74 Å². The lowest BCUT2D eigenvalue weighted by atomic mass is 9.78. The first kappa shape index (κ1) is 16.5. The lowest BCUT2D eigenvalue weighted by Gasteiger charge is -2.27. The zero-order chi connectivity index (χ0) is 17.3. The van der Waals surface area contributed by atoms with Gasteiger partial charge < -0.3 is 15.2 Å². The number of hydrogen-bond acceptors (Lipinski definition) is 4. The van der Waals surface area contributed by atoms with E-state index >= 15 is 0 Å². The van der Waals surface area contributed by atoms with E-state index in [9.17, 15) is 19.5 Å². The van der Waals surface area contributed by atoms with Crippen LogP contribution in [0.3, 0.4) is 0 Å². The van der Waals surface area contributed by atoms with Crippen molar-refractivity contribution in [2.75, 3.05) is 11.9 Å². The summed E-state index contributed by atoms with van der Waals surface area (Å²) in [7, 11) is 0. The fraction of sp³-hybridized carbons (Fsp3) is 0.500. The highest BCUT2D eigenvalue weighted by Crippen LogP contribution is 2.52. The molecular weight excluding hydrogens is 310 g/mol. The molecule has 1 amide bonds. The zero-order valence-electron chi connectivity index (χ0n) is 13.5. The number of aliphatic carboxylic acids is 1. The number of fused-ring (bicyclic) bond motifs is 2. The number of carbonyl (C=O) groups excluding carboxylic acids is 2. The molecule has 0 saturated heterocycles. The molecule has 0 heterocycles. The van der Waals surface area contributed by atoms with Gasteiger partial charge in [0.15, 0.2) is 0 Å². The molecule has 24 heavy (non-hydrogen) atoms. The molecule has 1 aromatic carbocycles. The average Bonchev–Trinajstić information content (AvgIpc) is 3.16. The van der Waals surface area contributed by atoms with Gasteiger partial charge in [-0.2, -0.15) is 0 Å². The Balaban J connectivity index is 1.80. The Morgan fingerprint density at radius 3 is 2.50 bits per heavy atom. The highest BCUT2D eigenvalue weighted by atomic mass is 16.5. The number of amides is 1. The Morgan fingerprint density at radius 2 is 1.83 bits per heavy atom. The number of carboxylic acids is 1. The molecule has 2 bridgehead atoms. The molecule has 3 rings (SSSR count). The summed E-state index contributed by atoms with van der Waals surface area (Å²) >= 11 is 0. The van der Waals surface area contributed by atoms with Gasteiger partial charge in [0, 0.05) is 0 Å². The molecule has 0 radical (unpaired) electrons. The molecule has 2 aliphatic carbocycles. The minimum atomic E-state index is -0.902. The molecule has 0 aromatic heterocycles. The van der Waals surface area contributed by atoms with Gasteiger partial charge in [0.1, 0.15) is 0 Å². The van der Waals surface area contributed by atoms with Crippen LogP contribution in [0.15, 0.2) is 24.3 Å². The van der Waals surface area contributed by atoms with Crippen molar-refractivity contribution in [3.05, 3.63) is 29.8 Å². The smallest absolute Gasteiger partial charge is 0.340 e. The highest BCUT2D eigenvalue weighted by Gasteiger charge is 2.54. The van der Waals surface area contributed by atoms with Crippen molar-refractivity contribution in [1.82, 2.24) is 0 Å². The largest absolute Gasteiger partial charge is 0.481 e. The zero-order valence-corrected chi connectivity index (χ0v) is 13.5. The van der Waals surface area contributed by atoms with Gasteiger partial charge >= 0.3 is 11.9 Å². The van der Waals surface area contributed by atoms with Crippen LogP contribution in [0.1, 0.15) is 36.5 Å². The molecule has 4 unspecified atom stereocenters. The van der Waals surface area contributed by atoms with E-state index in [2.05, 4.69) is 5.32 Å². The van der Waals surface area contributed by atoms with Gasteiger partial charge in [0.25, 0.3) is 0 Å². The van der Waals surface area contributed by atoms with Gasteiger partial charge in [-0.1, -0.05) is 12.1 Å². The molecule has 2 saturated carbocycles. The summed E-state index contributed by atoms with van der Waals surface area (Å²) in [5.41, 5.74) is 0.649. The SMILES string of the molecule is CCOC(=O)c1ccccc1NC(=O)C1C2CCC(C2)C1C(=O)O. The molecular formula is C18H21NO5. The molecule has 4 atom stereocenters. The summed E-state index contributed by atoms with van der Waals surface area (Å²) in [6.07, 6.45) is 2.57. The van der Waals surface area contributed by atoms with Crippen LogP contribution in [0.25, 0.3) is 0 Å². The summed E-state index contributed by atoms with van der Waals surface area (Å²) in [6, 6.07) is 6.63. The first-order valence-corrected chi connectivity index (χ1v) is 8.32. The fourth-order valence-corrected chi connectivity index (χ4v) is 4.22. The second-order valence-electron chi connectivity index (χ2n) is 6.48. The lowest BCUT2D eigenvalue weighted by Crippen LogP contribution is -2.38. The maximum atomic E-state index is 12.7. The van der Waals surface area contributed by atoms with Crippen molar-refractivity contribution >= 4 is 23.5 Å². The standard InChI is InChI=1S/C18H21NO5/c1-2-24-18(23)12-5-3-4-6-13(12)19-16(20)14-10-7-8-11(9-10)15(14)17(21)22/h3-6,10-11,14-15H,2,7-9H2,1H3,(H,19,20)(H,21,22). The Hall–Kier alpha value is -2.37. The minimum absolute atomic E-state index is 0.0866. The average molecular weight is 331 g/mol. The summed E-state index contributed by atoms with van der Waals surface area (Å²) in [5.74, 6) is -2.67. The van der Waals surface area contributed by atoms with Gasteiger partial charge in [-0.05, 0) is 50.2 Å². The van der Waals surface area contributed by atoms with E-state index in [1.54, 1.807) is 31.2 Å². The normalized spacial score (nSPS) is 27.7. The van der Waals surface area contributed by atoms with Crippen molar-refractivity contribution in [2.24, 2.45) is 23.7 Å². The molecule has 128 valence electrons. The van der Waals surface area contributed by atoms with Gasteiger partial charge in [0.2, 0.25) is 5.91 Å². The molecule has 2 fully saturated rings. The van der Waals surface area contributed by atoms with Crippen molar-refractivity contribution in [3.63, 3.8) is 0 Å². The number of nitrogens with one attached hydrogen (secondary N) is 1. The van der Waals surface area contributed by atoms with Gasteiger partial charge in [-0.25, -0.2) is 4.79 Å². The number of hydrogen-bond donors (Lipinski definition) is 2. The summed E-state index contributed by atoms with van der Waals surface area (Å²) in [6.45, 7) is 1.96. The first-order chi connectivity index (χ1) is 11.5. The third-order valence-corrected chi connectivity index (χ3v) is 5.18. The molecule has 0 spiro atoms. The Kier molecular flexibility index (Phi) is 4.55. The predicted molar refractivity (Wildman–Crippen MR) is 86.5 cm³/mol. The van der Waals surface area contributed by atoms with Crippen LogP contribution < -0.4 is 5.32 Å². The predicted octanol–water partition coefficient (Wildman–Crippen LogP) is 2.55. The number of benzene rings is 1. The van der Waals surface area contributed by atoms with Gasteiger partial charge in [-0.3, -0.25) is 9.59 Å². The van der Waals surface area contributed by atoms with E-state index in [0.29, 0.717) is 5.69 Å². The molecule has 1 aromatic rings. The molecule has 6 nitrogen and oxygen atoms in total. The fourth-order valence-electron chi connectivity index (χ4n) is 4.22. The number of esters is 1. The summed E-state index contributed by atoms with van der Waals surface area (Å²) in [5, 5.41) is 12.2. The van der Waals surface area contributed by atoms with Crippen LogP contribution >= 0.6 is 0 Å². The van der Waals surface area contributed by atoms with Crippen LogP contribution in [0.2, 0.25) is 0 Å². The summed E-state index contributed by atoms with van der Waals surface area (Å²) < 4.78 is 5.00. The minimum Gasteiger partial charge on any atom is -0.481 e. The number of carboxylic acid groups (broad SMARTS) is 1.